The zero-order valence-electron chi connectivity index (χ0n) is 11.9. The van der Waals surface area contributed by atoms with E-state index in [2.05, 4.69) is 9.57 Å². The molecule has 1 aromatic carbocycles. The zero-order chi connectivity index (χ0) is 18.0. The Morgan fingerprint density at radius 1 is 1.04 bits per heavy atom. The highest BCUT2D eigenvalue weighted by Crippen LogP contribution is 2.27. The van der Waals surface area contributed by atoms with Crippen LogP contribution in [0, 0.1) is 0 Å². The van der Waals surface area contributed by atoms with E-state index >= 15 is 0 Å². The van der Waals surface area contributed by atoms with Crippen molar-refractivity contribution in [1.29, 1.82) is 0 Å². The monoisotopic (exact) mass is 355 g/mol. The van der Waals surface area contributed by atoms with Crippen LogP contribution in [0.15, 0.2) is 30.3 Å². The lowest BCUT2D eigenvalue weighted by Crippen LogP contribution is -2.37. The zero-order valence-corrected chi connectivity index (χ0v) is 11.9. The molecule has 0 N–H and O–H groups in total. The van der Waals surface area contributed by atoms with Crippen molar-refractivity contribution in [1.82, 2.24) is 5.06 Å². The van der Waals surface area contributed by atoms with Crippen LogP contribution < -0.4 is 4.74 Å². The molecule has 0 spiro atoms. The third-order valence-corrected chi connectivity index (χ3v) is 3.07. The van der Waals surface area contributed by atoms with Gasteiger partial charge in [-0.3, -0.25) is 0 Å². The van der Waals surface area contributed by atoms with Crippen LogP contribution >= 0.6 is 0 Å². The summed E-state index contributed by atoms with van der Waals surface area (Å²) in [6.45, 7) is -0.0214. The first kappa shape index (κ1) is 18.1. The lowest BCUT2D eigenvalue weighted by Gasteiger charge is -2.25. The second kappa shape index (κ2) is 6.71. The van der Waals surface area contributed by atoms with Gasteiger partial charge in [0, 0.05) is 6.54 Å². The highest BCUT2D eigenvalue weighted by molar-refractivity contribution is 5.75. The number of rotatable bonds is 3. The molecule has 0 aromatic heterocycles. The van der Waals surface area contributed by atoms with Crippen LogP contribution in [0.1, 0.15) is 12.0 Å². The number of nitrogens with zero attached hydrogens (tertiary/aromatic N) is 1. The van der Waals surface area contributed by atoms with E-state index in [1.165, 1.54) is 18.2 Å². The molecule has 1 aliphatic heterocycles. The lowest BCUT2D eigenvalue weighted by molar-refractivity contribution is -0.274. The maximum absolute atomic E-state index is 12.1. The van der Waals surface area contributed by atoms with Crippen molar-refractivity contribution in [3.8, 4) is 5.75 Å². The molecule has 0 radical (unpaired) electrons. The van der Waals surface area contributed by atoms with Gasteiger partial charge in [-0.05, 0) is 29.7 Å². The molecule has 1 heterocycles. The molecule has 1 aliphatic rings. The minimum Gasteiger partial charge on any atom is -0.406 e. The molecule has 0 amide bonds. The normalized spacial score (nSPS) is 16.5. The number of benzene rings is 1. The predicted molar refractivity (Wildman–Crippen MR) is 69.4 cm³/mol. The molecule has 0 saturated carbocycles. The van der Waals surface area contributed by atoms with Crippen molar-refractivity contribution in [2.24, 2.45) is 0 Å². The quantitative estimate of drug-likeness (QED) is 0.775. The molecular weight excluding hydrogens is 344 g/mol. The average molecular weight is 355 g/mol. The van der Waals surface area contributed by atoms with Crippen molar-refractivity contribution in [3.63, 3.8) is 0 Å². The standard InChI is InChI=1S/C14H11F6NO3/c15-13(16,17)12(22)24-21-7-5-10(6-8-21)9-1-3-11(4-2-9)23-14(18,19)20/h1-5H,6-8H2. The van der Waals surface area contributed by atoms with Crippen LogP contribution in [0.25, 0.3) is 5.57 Å². The van der Waals surface area contributed by atoms with E-state index in [4.69, 9.17) is 0 Å². The third-order valence-electron chi connectivity index (χ3n) is 3.07. The number of carbonyl (C=O) groups excluding carboxylic acids is 1. The van der Waals surface area contributed by atoms with E-state index in [-0.39, 0.29) is 25.3 Å². The van der Waals surface area contributed by atoms with Gasteiger partial charge in [0.1, 0.15) is 5.75 Å². The Bertz CT molecular complexity index is 621. The molecule has 1 aromatic rings. The Kier molecular flexibility index (Phi) is 5.07. The molecule has 24 heavy (non-hydrogen) atoms. The van der Waals surface area contributed by atoms with Gasteiger partial charge in [-0.2, -0.15) is 13.2 Å². The highest BCUT2D eigenvalue weighted by atomic mass is 19.4. The molecule has 0 unspecified atom stereocenters. The summed E-state index contributed by atoms with van der Waals surface area (Å²) in [6.07, 6.45) is -8.05. The van der Waals surface area contributed by atoms with E-state index in [1.807, 2.05) is 0 Å². The number of alkyl halides is 6. The summed E-state index contributed by atoms with van der Waals surface area (Å²) in [5.74, 6) is -2.67. The maximum atomic E-state index is 12.1. The number of hydrogen-bond donors (Lipinski definition) is 0. The van der Waals surface area contributed by atoms with Crippen LogP contribution in [0.4, 0.5) is 26.3 Å². The van der Waals surface area contributed by atoms with Gasteiger partial charge < -0.3 is 9.57 Å². The molecule has 4 nitrogen and oxygen atoms in total. The molecule has 0 bridgehead atoms. The fraction of sp³-hybridized carbons (Fsp3) is 0.357. The van der Waals surface area contributed by atoms with Crippen molar-refractivity contribution >= 4 is 11.5 Å². The van der Waals surface area contributed by atoms with Gasteiger partial charge in [-0.15, -0.1) is 18.2 Å². The Labute approximate surface area is 132 Å². The van der Waals surface area contributed by atoms with Crippen molar-refractivity contribution in [2.45, 2.75) is 19.0 Å². The Balaban J connectivity index is 1.96. The van der Waals surface area contributed by atoms with Crippen molar-refractivity contribution in [2.75, 3.05) is 13.1 Å². The van der Waals surface area contributed by atoms with E-state index in [1.54, 1.807) is 0 Å². The lowest BCUT2D eigenvalue weighted by atomic mass is 10.0. The van der Waals surface area contributed by atoms with Gasteiger partial charge in [0.15, 0.2) is 0 Å². The largest absolute Gasteiger partial charge is 0.573 e. The van der Waals surface area contributed by atoms with Gasteiger partial charge in [0.2, 0.25) is 0 Å². The Morgan fingerprint density at radius 3 is 2.12 bits per heavy atom. The summed E-state index contributed by atoms with van der Waals surface area (Å²) in [5.41, 5.74) is 1.32. The summed E-state index contributed by atoms with van der Waals surface area (Å²) in [5, 5.41) is 0.862. The smallest absolute Gasteiger partial charge is 0.406 e. The molecule has 132 valence electrons. The van der Waals surface area contributed by atoms with Crippen LogP contribution in [0.5, 0.6) is 5.75 Å². The fourth-order valence-corrected chi connectivity index (χ4v) is 2.04. The van der Waals surface area contributed by atoms with E-state index in [0.717, 1.165) is 17.2 Å². The van der Waals surface area contributed by atoms with Crippen LogP contribution in [-0.4, -0.2) is 36.7 Å². The van der Waals surface area contributed by atoms with Crippen LogP contribution in [0.2, 0.25) is 0 Å². The van der Waals surface area contributed by atoms with Crippen LogP contribution in [-0.2, 0) is 9.63 Å². The topological polar surface area (TPSA) is 38.8 Å². The number of hydroxylamine groups is 2. The number of carbonyl (C=O) groups is 1. The molecule has 0 saturated heterocycles. The summed E-state index contributed by atoms with van der Waals surface area (Å²) in [6, 6.07) is 5.09. The Morgan fingerprint density at radius 2 is 1.67 bits per heavy atom. The number of ether oxygens (including phenoxy) is 1. The number of hydrogen-bond acceptors (Lipinski definition) is 4. The second-order valence-corrected chi connectivity index (χ2v) is 4.82. The average Bonchev–Trinajstić information content (AvgIpc) is 2.46. The van der Waals surface area contributed by atoms with Gasteiger partial charge in [-0.25, -0.2) is 4.79 Å². The van der Waals surface area contributed by atoms with Crippen molar-refractivity contribution < 1.29 is 40.7 Å². The van der Waals surface area contributed by atoms with E-state index in [0.29, 0.717) is 11.1 Å². The summed E-state index contributed by atoms with van der Waals surface area (Å²) in [7, 11) is 0. The predicted octanol–water partition coefficient (Wildman–Crippen LogP) is 3.69. The molecule has 10 heteroatoms. The first-order chi connectivity index (χ1) is 11.0. The first-order valence-corrected chi connectivity index (χ1v) is 6.64. The molecule has 0 fully saturated rings. The van der Waals surface area contributed by atoms with Crippen LogP contribution in [0.3, 0.4) is 0 Å². The molecular formula is C14H11F6NO3. The van der Waals surface area contributed by atoms with Crippen molar-refractivity contribution in [3.05, 3.63) is 35.9 Å². The highest BCUT2D eigenvalue weighted by Gasteiger charge is 2.42. The molecule has 2 rings (SSSR count). The van der Waals surface area contributed by atoms with E-state index in [9.17, 15) is 31.1 Å². The van der Waals surface area contributed by atoms with Gasteiger partial charge in [0.25, 0.3) is 0 Å². The van der Waals surface area contributed by atoms with Gasteiger partial charge in [-0.1, -0.05) is 18.2 Å². The minimum absolute atomic E-state index is 0.0362. The van der Waals surface area contributed by atoms with E-state index < -0.39 is 18.5 Å². The SMILES string of the molecule is O=C(ON1CC=C(c2ccc(OC(F)(F)F)cc2)CC1)C(F)(F)F. The maximum Gasteiger partial charge on any atom is 0.573 e. The minimum atomic E-state index is -5.07. The molecule has 0 aliphatic carbocycles. The fourth-order valence-electron chi connectivity index (χ4n) is 2.04. The first-order valence-electron chi connectivity index (χ1n) is 6.64. The molecule has 0 atom stereocenters. The summed E-state index contributed by atoms with van der Waals surface area (Å²) in [4.78, 5) is 14.9. The third kappa shape index (κ3) is 5.15. The Hall–Kier alpha value is -2.23. The second-order valence-electron chi connectivity index (χ2n) is 4.82. The van der Waals surface area contributed by atoms with Gasteiger partial charge >= 0.3 is 18.5 Å². The summed E-state index contributed by atoms with van der Waals surface area (Å²) >= 11 is 0. The van der Waals surface area contributed by atoms with Gasteiger partial charge in [0.05, 0.1) is 6.54 Å². The number of halogens is 6. The summed E-state index contributed by atoms with van der Waals surface area (Å²) < 4.78 is 76.2.